The lowest BCUT2D eigenvalue weighted by Crippen LogP contribution is -2.45. The van der Waals surface area contributed by atoms with Crippen LogP contribution in [0.1, 0.15) is 5.69 Å². The molecule has 0 aliphatic carbocycles. The summed E-state index contributed by atoms with van der Waals surface area (Å²) >= 11 is 0. The molecule has 1 N–H and O–H groups in total. The SMILES string of the molecule is COc1ccc(-[n+]2[nH]oc(=O)c2CN(C)C(=O)C(F)(F)F)cc1. The Hall–Kier alpha value is -2.78. The van der Waals surface area contributed by atoms with Crippen molar-refractivity contribution in [1.82, 2.24) is 10.2 Å². The highest BCUT2D eigenvalue weighted by molar-refractivity contribution is 5.81. The van der Waals surface area contributed by atoms with Crippen molar-refractivity contribution in [3.05, 3.63) is 40.4 Å². The number of aromatic nitrogens is 2. The molecule has 23 heavy (non-hydrogen) atoms. The first-order chi connectivity index (χ1) is 10.7. The van der Waals surface area contributed by atoms with E-state index in [-0.39, 0.29) is 5.69 Å². The molecule has 0 saturated heterocycles. The third-order valence-electron chi connectivity index (χ3n) is 3.04. The maximum Gasteiger partial charge on any atom is 0.471 e. The van der Waals surface area contributed by atoms with E-state index in [9.17, 15) is 22.8 Å². The number of hydrogen-bond donors (Lipinski definition) is 1. The van der Waals surface area contributed by atoms with Crippen LogP contribution in [0.4, 0.5) is 13.2 Å². The number of carbonyl (C=O) groups is 1. The summed E-state index contributed by atoms with van der Waals surface area (Å²) in [7, 11) is 2.42. The Morgan fingerprint density at radius 3 is 2.48 bits per heavy atom. The largest absolute Gasteiger partial charge is 0.497 e. The van der Waals surface area contributed by atoms with Gasteiger partial charge in [-0.05, 0) is 22.1 Å². The molecule has 0 radical (unpaired) electrons. The standard InChI is InChI=1S/C13H12F3N3O4/c1-18(12(21)13(14,15)16)7-10-11(20)23-17-19(10)8-3-5-9(22-2)6-4-8/h3-6H,7H2,1-2H3/p+1. The van der Waals surface area contributed by atoms with Gasteiger partial charge in [-0.3, -0.25) is 9.32 Å². The molecule has 1 heterocycles. The normalized spacial score (nSPS) is 11.3. The molecular weight excluding hydrogens is 319 g/mol. The van der Waals surface area contributed by atoms with E-state index >= 15 is 0 Å². The average molecular weight is 332 g/mol. The number of ether oxygens (including phenoxy) is 1. The number of nitrogens with zero attached hydrogens (tertiary/aromatic N) is 2. The predicted octanol–water partition coefficient (Wildman–Crippen LogP) is 0.774. The van der Waals surface area contributed by atoms with E-state index < -0.39 is 24.3 Å². The molecule has 2 aromatic rings. The van der Waals surface area contributed by atoms with E-state index in [0.717, 1.165) is 11.7 Å². The van der Waals surface area contributed by atoms with E-state index in [0.29, 0.717) is 16.3 Å². The van der Waals surface area contributed by atoms with Crippen LogP contribution in [0.5, 0.6) is 5.75 Å². The van der Waals surface area contributed by atoms with E-state index in [4.69, 9.17) is 4.74 Å². The molecule has 2 rings (SSSR count). The second kappa shape index (κ2) is 6.15. The van der Waals surface area contributed by atoms with Gasteiger partial charge in [0.2, 0.25) is 5.69 Å². The highest BCUT2D eigenvalue weighted by atomic mass is 19.4. The van der Waals surface area contributed by atoms with Crippen LogP contribution in [-0.4, -0.2) is 36.4 Å². The third kappa shape index (κ3) is 3.52. The van der Waals surface area contributed by atoms with E-state index in [1.54, 1.807) is 24.3 Å². The van der Waals surface area contributed by atoms with Gasteiger partial charge >= 0.3 is 23.4 Å². The van der Waals surface area contributed by atoms with Crippen LogP contribution in [0.25, 0.3) is 5.69 Å². The fraction of sp³-hybridized carbons (Fsp3) is 0.308. The fourth-order valence-corrected chi connectivity index (χ4v) is 1.88. The van der Waals surface area contributed by atoms with Gasteiger partial charge in [0.25, 0.3) is 0 Å². The van der Waals surface area contributed by atoms with Gasteiger partial charge in [-0.1, -0.05) is 0 Å². The van der Waals surface area contributed by atoms with Crippen molar-refractivity contribution in [2.24, 2.45) is 0 Å². The van der Waals surface area contributed by atoms with Crippen LogP contribution in [0.3, 0.4) is 0 Å². The molecule has 1 aromatic heterocycles. The number of nitrogens with one attached hydrogen (secondary N) is 1. The molecule has 10 heteroatoms. The van der Waals surface area contributed by atoms with E-state index in [1.807, 2.05) is 0 Å². The van der Waals surface area contributed by atoms with Crippen LogP contribution in [-0.2, 0) is 11.3 Å². The smallest absolute Gasteiger partial charge is 0.471 e. The number of halogens is 3. The number of H-pyrrole nitrogens is 1. The number of benzene rings is 1. The molecule has 0 aliphatic heterocycles. The summed E-state index contributed by atoms with van der Waals surface area (Å²) < 4.78 is 48.0. The molecule has 0 spiro atoms. The lowest BCUT2D eigenvalue weighted by Gasteiger charge is -2.15. The highest BCUT2D eigenvalue weighted by Gasteiger charge is 2.42. The summed E-state index contributed by atoms with van der Waals surface area (Å²) in [4.78, 5) is 23.2. The third-order valence-corrected chi connectivity index (χ3v) is 3.04. The molecule has 0 saturated carbocycles. The zero-order chi connectivity index (χ0) is 17.2. The maximum absolute atomic E-state index is 12.4. The summed E-state index contributed by atoms with van der Waals surface area (Å²) in [5, 5.41) is 2.28. The molecule has 0 unspecified atom stereocenters. The van der Waals surface area contributed by atoms with E-state index in [2.05, 4.69) is 9.79 Å². The van der Waals surface area contributed by atoms with Crippen molar-refractivity contribution in [2.45, 2.75) is 12.7 Å². The predicted molar refractivity (Wildman–Crippen MR) is 69.9 cm³/mol. The number of carbonyl (C=O) groups excluding carboxylic acids is 1. The fourth-order valence-electron chi connectivity index (χ4n) is 1.88. The van der Waals surface area contributed by atoms with Crippen LogP contribution >= 0.6 is 0 Å². The molecule has 1 amide bonds. The number of alkyl halides is 3. The van der Waals surface area contributed by atoms with Crippen molar-refractivity contribution in [3.8, 4) is 11.4 Å². The minimum Gasteiger partial charge on any atom is -0.497 e. The molecule has 0 aliphatic rings. The Bertz CT molecular complexity index is 749. The van der Waals surface area contributed by atoms with Gasteiger partial charge in [0.15, 0.2) is 0 Å². The van der Waals surface area contributed by atoms with Crippen molar-refractivity contribution < 1.29 is 31.9 Å². The van der Waals surface area contributed by atoms with Gasteiger partial charge in [-0.2, -0.15) is 13.2 Å². The number of aromatic amines is 1. The minimum absolute atomic E-state index is 0.157. The molecule has 124 valence electrons. The van der Waals surface area contributed by atoms with Gasteiger partial charge in [-0.25, -0.2) is 4.79 Å². The first-order valence-electron chi connectivity index (χ1n) is 6.33. The summed E-state index contributed by atoms with van der Waals surface area (Å²) in [6.45, 7) is -0.573. The maximum atomic E-state index is 12.4. The van der Waals surface area contributed by atoms with Crippen molar-refractivity contribution in [2.75, 3.05) is 14.2 Å². The molecule has 7 nitrogen and oxygen atoms in total. The monoisotopic (exact) mass is 332 g/mol. The number of hydrogen-bond acceptors (Lipinski definition) is 4. The molecule has 1 aromatic carbocycles. The van der Waals surface area contributed by atoms with Gasteiger partial charge in [0, 0.05) is 19.2 Å². The minimum atomic E-state index is -5.02. The molecular formula is C13H13F3N3O4+. The first kappa shape index (κ1) is 16.6. The molecule has 0 atom stereocenters. The van der Waals surface area contributed by atoms with Gasteiger partial charge < -0.3 is 9.64 Å². The summed E-state index contributed by atoms with van der Waals surface area (Å²) in [6, 6.07) is 6.34. The lowest BCUT2D eigenvalue weighted by molar-refractivity contribution is -0.678. The Balaban J connectivity index is 2.31. The van der Waals surface area contributed by atoms with Crippen LogP contribution in [0, 0.1) is 0 Å². The Morgan fingerprint density at radius 1 is 1.35 bits per heavy atom. The van der Waals surface area contributed by atoms with Gasteiger partial charge in [-0.15, -0.1) is 0 Å². The topological polar surface area (TPSA) is 79.4 Å². The molecule has 0 fully saturated rings. The Labute approximate surface area is 127 Å². The van der Waals surface area contributed by atoms with Gasteiger partial charge in [0.1, 0.15) is 12.3 Å². The number of rotatable bonds is 4. The Kier molecular flexibility index (Phi) is 4.43. The highest BCUT2D eigenvalue weighted by Crippen LogP contribution is 2.18. The molecule has 0 bridgehead atoms. The summed E-state index contributed by atoms with van der Waals surface area (Å²) in [5.41, 5.74) is -0.600. The van der Waals surface area contributed by atoms with Crippen molar-refractivity contribution in [3.63, 3.8) is 0 Å². The Morgan fingerprint density at radius 2 is 1.96 bits per heavy atom. The van der Waals surface area contributed by atoms with Crippen LogP contribution < -0.4 is 15.0 Å². The van der Waals surface area contributed by atoms with Crippen molar-refractivity contribution >= 4 is 5.91 Å². The van der Waals surface area contributed by atoms with Crippen LogP contribution in [0.15, 0.2) is 33.6 Å². The zero-order valence-corrected chi connectivity index (χ0v) is 12.2. The van der Waals surface area contributed by atoms with Crippen LogP contribution in [0.2, 0.25) is 0 Å². The second-order valence-electron chi connectivity index (χ2n) is 4.62. The van der Waals surface area contributed by atoms with Gasteiger partial charge in [0.05, 0.1) is 7.11 Å². The average Bonchev–Trinajstić information content (AvgIpc) is 2.86. The quantitative estimate of drug-likeness (QED) is 0.839. The second-order valence-corrected chi connectivity index (χ2v) is 4.62. The zero-order valence-electron chi connectivity index (χ0n) is 12.2. The van der Waals surface area contributed by atoms with E-state index in [1.165, 1.54) is 7.11 Å². The number of methoxy groups -OCH3 is 1. The van der Waals surface area contributed by atoms with Crippen molar-refractivity contribution in [1.29, 1.82) is 0 Å². The summed E-state index contributed by atoms with van der Waals surface area (Å²) in [5.74, 6) is -1.49. The first-order valence-corrected chi connectivity index (χ1v) is 6.33. The summed E-state index contributed by atoms with van der Waals surface area (Å²) in [6.07, 6.45) is -5.02. The number of amides is 1. The lowest BCUT2D eigenvalue weighted by atomic mass is 10.3.